The van der Waals surface area contributed by atoms with Crippen LogP contribution in [0.1, 0.15) is 30.6 Å². The number of rotatable bonds is 7. The zero-order valence-electron chi connectivity index (χ0n) is 15.5. The van der Waals surface area contributed by atoms with Crippen molar-refractivity contribution in [3.05, 3.63) is 59.7 Å². The Labute approximate surface area is 164 Å². The summed E-state index contributed by atoms with van der Waals surface area (Å²) in [6, 6.07) is 8.84. The number of nitrogens with one attached hydrogen (secondary N) is 2. The highest BCUT2D eigenvalue weighted by Crippen LogP contribution is 2.22. The molecule has 3 aromatic rings. The maximum atomic E-state index is 14.0. The number of para-hydroxylation sites is 1. The minimum Gasteiger partial charge on any atom is -0.468 e. The molecule has 0 saturated carbocycles. The molecular formula is C20H19F4N3O2. The van der Waals surface area contributed by atoms with Crippen LogP contribution in [0.5, 0.6) is 5.88 Å². The zero-order valence-corrected chi connectivity index (χ0v) is 15.5. The second-order valence-corrected chi connectivity index (χ2v) is 6.57. The van der Waals surface area contributed by atoms with Gasteiger partial charge in [0.15, 0.2) is 6.61 Å². The first-order valence-corrected chi connectivity index (χ1v) is 8.93. The number of benzene rings is 1. The number of aromatic amines is 1. The van der Waals surface area contributed by atoms with E-state index in [0.29, 0.717) is 6.42 Å². The van der Waals surface area contributed by atoms with Gasteiger partial charge in [0.05, 0.1) is 6.04 Å². The number of hydrogen-bond acceptors (Lipinski definition) is 3. The summed E-state index contributed by atoms with van der Waals surface area (Å²) in [5.74, 6) is -1.43. The monoisotopic (exact) mass is 409 g/mol. The Morgan fingerprint density at radius 1 is 1.24 bits per heavy atom. The van der Waals surface area contributed by atoms with E-state index in [9.17, 15) is 22.4 Å². The molecule has 154 valence electrons. The predicted molar refractivity (Wildman–Crippen MR) is 98.9 cm³/mol. The number of aryl methyl sites for hydroxylation is 1. The Kier molecular flexibility index (Phi) is 6.05. The number of alkyl halides is 3. The second kappa shape index (κ2) is 8.50. The third-order valence-electron chi connectivity index (χ3n) is 4.32. The predicted octanol–water partition coefficient (Wildman–Crippen LogP) is 4.45. The number of ether oxygens (including phenoxy) is 1. The number of hydrogen-bond donors (Lipinski definition) is 2. The van der Waals surface area contributed by atoms with Crippen molar-refractivity contribution in [2.45, 2.75) is 32.0 Å². The van der Waals surface area contributed by atoms with Crippen molar-refractivity contribution in [1.29, 1.82) is 0 Å². The Hall–Kier alpha value is -3.10. The number of fused-ring (bicyclic) bond motifs is 1. The van der Waals surface area contributed by atoms with Crippen molar-refractivity contribution in [1.82, 2.24) is 15.3 Å². The molecule has 0 fully saturated rings. The molecule has 2 N–H and O–H groups in total. The van der Waals surface area contributed by atoms with E-state index in [2.05, 4.69) is 20.0 Å². The molecule has 0 aliphatic carbocycles. The average Bonchev–Trinajstić information content (AvgIpc) is 3.08. The molecule has 2 heterocycles. The maximum Gasteiger partial charge on any atom is 0.422 e. The van der Waals surface area contributed by atoms with Gasteiger partial charge in [0.1, 0.15) is 11.5 Å². The molecule has 3 rings (SSSR count). The van der Waals surface area contributed by atoms with Crippen LogP contribution in [-0.2, 0) is 11.2 Å². The topological polar surface area (TPSA) is 67.0 Å². The summed E-state index contributed by atoms with van der Waals surface area (Å²) in [6.07, 6.45) is -2.05. The van der Waals surface area contributed by atoms with Gasteiger partial charge in [-0.15, -0.1) is 0 Å². The van der Waals surface area contributed by atoms with Gasteiger partial charge in [-0.2, -0.15) is 13.2 Å². The van der Waals surface area contributed by atoms with Gasteiger partial charge < -0.3 is 15.0 Å². The van der Waals surface area contributed by atoms with E-state index in [1.165, 1.54) is 6.92 Å². The van der Waals surface area contributed by atoms with Crippen molar-refractivity contribution in [3.8, 4) is 5.88 Å². The first-order valence-electron chi connectivity index (χ1n) is 8.93. The van der Waals surface area contributed by atoms with Crippen LogP contribution < -0.4 is 10.1 Å². The molecule has 29 heavy (non-hydrogen) atoms. The summed E-state index contributed by atoms with van der Waals surface area (Å²) >= 11 is 0. The van der Waals surface area contributed by atoms with E-state index in [1.54, 1.807) is 0 Å². The minimum atomic E-state index is -4.53. The first-order chi connectivity index (χ1) is 13.7. The number of carbonyl (C=O) groups excluding carboxylic acids is 1. The third kappa shape index (κ3) is 5.46. The van der Waals surface area contributed by atoms with Gasteiger partial charge in [0.2, 0.25) is 11.8 Å². The molecule has 1 unspecified atom stereocenters. The van der Waals surface area contributed by atoms with Gasteiger partial charge in [-0.1, -0.05) is 18.2 Å². The van der Waals surface area contributed by atoms with Crippen LogP contribution in [0.2, 0.25) is 0 Å². The molecule has 0 bridgehead atoms. The Bertz CT molecular complexity index is 1000. The van der Waals surface area contributed by atoms with Crippen molar-refractivity contribution in [3.63, 3.8) is 0 Å². The largest absolute Gasteiger partial charge is 0.468 e. The summed E-state index contributed by atoms with van der Waals surface area (Å²) in [4.78, 5) is 19.2. The molecule has 1 aromatic carbocycles. The minimum absolute atomic E-state index is 0.165. The fourth-order valence-corrected chi connectivity index (χ4v) is 2.95. The van der Waals surface area contributed by atoms with Gasteiger partial charge in [0.25, 0.3) is 0 Å². The standard InChI is InChI=1S/C20H19F4N3O2/c1-12(19-15(21)7-9-18(27-19)29-11-20(22,23)24)26-17(28)8-6-13-10-25-16-5-3-2-4-14(13)16/h2-5,7,9-10,12,25H,6,8,11H2,1H3,(H,26,28). The van der Waals surface area contributed by atoms with Crippen molar-refractivity contribution >= 4 is 16.8 Å². The van der Waals surface area contributed by atoms with E-state index in [4.69, 9.17) is 0 Å². The molecular weight excluding hydrogens is 390 g/mol. The highest BCUT2D eigenvalue weighted by molar-refractivity contribution is 5.84. The lowest BCUT2D eigenvalue weighted by molar-refractivity contribution is -0.154. The Morgan fingerprint density at radius 3 is 2.76 bits per heavy atom. The lowest BCUT2D eigenvalue weighted by Gasteiger charge is -2.16. The molecule has 2 aromatic heterocycles. The summed E-state index contributed by atoms with van der Waals surface area (Å²) in [5.41, 5.74) is 1.76. The third-order valence-corrected chi connectivity index (χ3v) is 4.32. The van der Waals surface area contributed by atoms with Crippen molar-refractivity contribution in [2.24, 2.45) is 0 Å². The van der Waals surface area contributed by atoms with E-state index in [0.717, 1.165) is 28.6 Å². The van der Waals surface area contributed by atoms with Crippen molar-refractivity contribution in [2.75, 3.05) is 6.61 Å². The smallest absolute Gasteiger partial charge is 0.422 e. The van der Waals surface area contributed by atoms with E-state index >= 15 is 0 Å². The lowest BCUT2D eigenvalue weighted by Crippen LogP contribution is -2.28. The molecule has 9 heteroatoms. The van der Waals surface area contributed by atoms with Crippen LogP contribution in [0.3, 0.4) is 0 Å². The van der Waals surface area contributed by atoms with Crippen LogP contribution in [0.25, 0.3) is 10.9 Å². The van der Waals surface area contributed by atoms with Crippen molar-refractivity contribution < 1.29 is 27.1 Å². The SMILES string of the molecule is CC(NC(=O)CCc1c[nH]c2ccccc12)c1nc(OCC(F)(F)F)ccc1F. The molecule has 0 radical (unpaired) electrons. The van der Waals surface area contributed by atoms with Gasteiger partial charge >= 0.3 is 6.18 Å². The van der Waals surface area contributed by atoms with Gasteiger partial charge in [-0.3, -0.25) is 4.79 Å². The normalized spacial score (nSPS) is 12.7. The summed E-state index contributed by atoms with van der Waals surface area (Å²) in [7, 11) is 0. The number of nitrogens with zero attached hydrogens (tertiary/aromatic N) is 1. The first kappa shape index (κ1) is 20.6. The molecule has 0 aliphatic rings. The summed E-state index contributed by atoms with van der Waals surface area (Å²) in [6.45, 7) is -0.0288. The Morgan fingerprint density at radius 2 is 2.00 bits per heavy atom. The number of pyridine rings is 1. The number of H-pyrrole nitrogens is 1. The molecule has 1 atom stereocenters. The van der Waals surface area contributed by atoms with Crippen LogP contribution >= 0.6 is 0 Å². The number of halogens is 4. The molecule has 0 spiro atoms. The van der Waals surface area contributed by atoms with Crippen LogP contribution in [0.15, 0.2) is 42.6 Å². The lowest BCUT2D eigenvalue weighted by atomic mass is 10.1. The van der Waals surface area contributed by atoms with Crippen LogP contribution in [0.4, 0.5) is 17.6 Å². The highest BCUT2D eigenvalue weighted by atomic mass is 19.4. The average molecular weight is 409 g/mol. The molecule has 0 aliphatic heterocycles. The number of aromatic nitrogens is 2. The van der Waals surface area contributed by atoms with Gasteiger partial charge in [-0.25, -0.2) is 9.37 Å². The fourth-order valence-electron chi connectivity index (χ4n) is 2.95. The maximum absolute atomic E-state index is 14.0. The van der Waals surface area contributed by atoms with Gasteiger partial charge in [0, 0.05) is 29.6 Å². The fraction of sp³-hybridized carbons (Fsp3) is 0.300. The number of carbonyl (C=O) groups is 1. The summed E-state index contributed by atoms with van der Waals surface area (Å²) in [5, 5.41) is 3.64. The van der Waals surface area contributed by atoms with Crippen LogP contribution in [-0.4, -0.2) is 28.7 Å². The van der Waals surface area contributed by atoms with E-state index in [-0.39, 0.29) is 23.9 Å². The van der Waals surface area contributed by atoms with Gasteiger partial charge in [-0.05, 0) is 31.0 Å². The quantitative estimate of drug-likeness (QED) is 0.567. The van der Waals surface area contributed by atoms with E-state index < -0.39 is 24.6 Å². The molecule has 5 nitrogen and oxygen atoms in total. The Balaban J connectivity index is 1.60. The molecule has 1 amide bonds. The number of amides is 1. The van der Waals surface area contributed by atoms with E-state index in [1.807, 2.05) is 30.5 Å². The van der Waals surface area contributed by atoms with Crippen LogP contribution in [0, 0.1) is 5.82 Å². The molecule has 0 saturated heterocycles. The highest BCUT2D eigenvalue weighted by Gasteiger charge is 2.29. The summed E-state index contributed by atoms with van der Waals surface area (Å²) < 4.78 is 55.4. The zero-order chi connectivity index (χ0) is 21.0. The second-order valence-electron chi connectivity index (χ2n) is 6.57.